The molecule has 9 nitrogen and oxygen atoms in total. The van der Waals surface area contributed by atoms with Gasteiger partial charge in [-0.3, -0.25) is 24.6 Å². The normalized spacial score (nSPS) is 14.9. The number of carbonyl (C=O) groups is 2. The molecule has 1 aliphatic heterocycles. The maximum atomic E-state index is 12.7. The van der Waals surface area contributed by atoms with E-state index < -0.39 is 16.1 Å². The third-order valence-corrected chi connectivity index (χ3v) is 5.39. The highest BCUT2D eigenvalue weighted by Crippen LogP contribution is 2.39. The van der Waals surface area contributed by atoms with Crippen LogP contribution < -0.4 is 9.47 Å². The molecule has 0 atom stereocenters. The second-order valence-electron chi connectivity index (χ2n) is 6.18. The fourth-order valence-electron chi connectivity index (χ4n) is 2.74. The molecule has 1 saturated heterocycles. The summed E-state index contributed by atoms with van der Waals surface area (Å²) in [6.45, 7) is 1.86. The Morgan fingerprint density at radius 3 is 2.65 bits per heavy atom. The first-order valence-electron chi connectivity index (χ1n) is 9.08. The Morgan fingerprint density at radius 1 is 1.23 bits per heavy atom. The maximum absolute atomic E-state index is 12.7. The van der Waals surface area contributed by atoms with Gasteiger partial charge < -0.3 is 14.6 Å². The number of aromatic hydroxyl groups is 1. The molecule has 0 aliphatic carbocycles. The molecule has 162 valence electrons. The SMILES string of the molecule is CCOc1cc([N+](=O)[O-])cc(/C=C2\SC(=O)N(CCOc3ccccc3Cl)C2=O)c1O. The van der Waals surface area contributed by atoms with Crippen molar-refractivity contribution in [2.45, 2.75) is 6.92 Å². The van der Waals surface area contributed by atoms with E-state index in [1.54, 1.807) is 31.2 Å². The van der Waals surface area contributed by atoms with Crippen LogP contribution in [0.5, 0.6) is 17.2 Å². The molecule has 2 aromatic rings. The lowest BCUT2D eigenvalue weighted by Crippen LogP contribution is -2.32. The van der Waals surface area contributed by atoms with E-state index >= 15 is 0 Å². The van der Waals surface area contributed by atoms with E-state index in [0.717, 1.165) is 17.0 Å². The minimum absolute atomic E-state index is 0.00420. The zero-order valence-corrected chi connectivity index (χ0v) is 17.8. The number of non-ortho nitro benzene ring substituents is 1. The second-order valence-corrected chi connectivity index (χ2v) is 7.58. The van der Waals surface area contributed by atoms with Crippen LogP contribution in [-0.4, -0.2) is 45.8 Å². The summed E-state index contributed by atoms with van der Waals surface area (Å²) in [4.78, 5) is 36.5. The lowest BCUT2D eigenvalue weighted by molar-refractivity contribution is -0.385. The fraction of sp³-hybridized carbons (Fsp3) is 0.200. The average molecular weight is 465 g/mol. The number of benzene rings is 2. The first kappa shape index (κ1) is 22.4. The number of imide groups is 1. The van der Waals surface area contributed by atoms with E-state index in [1.165, 1.54) is 6.08 Å². The third-order valence-electron chi connectivity index (χ3n) is 4.17. The number of halogens is 1. The monoisotopic (exact) mass is 464 g/mol. The summed E-state index contributed by atoms with van der Waals surface area (Å²) in [5.74, 6) is -0.616. The number of carbonyl (C=O) groups excluding carboxylic acids is 2. The number of thioether (sulfide) groups is 1. The van der Waals surface area contributed by atoms with E-state index in [1.807, 2.05) is 0 Å². The van der Waals surface area contributed by atoms with Crippen molar-refractivity contribution in [1.82, 2.24) is 4.90 Å². The molecule has 1 fully saturated rings. The van der Waals surface area contributed by atoms with Gasteiger partial charge in [-0.05, 0) is 36.9 Å². The average Bonchev–Trinajstić information content (AvgIpc) is 2.99. The highest BCUT2D eigenvalue weighted by molar-refractivity contribution is 8.18. The van der Waals surface area contributed by atoms with Crippen molar-refractivity contribution < 1.29 is 29.1 Å². The number of nitro benzene ring substituents is 1. The number of ether oxygens (including phenoxy) is 2. The lowest BCUT2D eigenvalue weighted by atomic mass is 10.1. The first-order valence-corrected chi connectivity index (χ1v) is 10.3. The highest BCUT2D eigenvalue weighted by Gasteiger charge is 2.35. The van der Waals surface area contributed by atoms with Crippen LogP contribution in [0.15, 0.2) is 41.3 Å². The summed E-state index contributed by atoms with van der Waals surface area (Å²) in [6, 6.07) is 9.00. The Hall–Kier alpha value is -3.24. The molecule has 0 saturated carbocycles. The first-order chi connectivity index (χ1) is 14.8. The Morgan fingerprint density at radius 2 is 1.97 bits per heavy atom. The van der Waals surface area contributed by atoms with Crippen molar-refractivity contribution in [2.24, 2.45) is 0 Å². The van der Waals surface area contributed by atoms with Gasteiger partial charge in [0.05, 0.1) is 34.1 Å². The molecule has 11 heteroatoms. The zero-order valence-electron chi connectivity index (χ0n) is 16.2. The van der Waals surface area contributed by atoms with Crippen LogP contribution >= 0.6 is 23.4 Å². The number of hydrogen-bond acceptors (Lipinski definition) is 8. The summed E-state index contributed by atoms with van der Waals surface area (Å²) in [5.41, 5.74) is -0.324. The molecule has 0 unspecified atom stereocenters. The van der Waals surface area contributed by atoms with Gasteiger partial charge in [0, 0.05) is 11.6 Å². The highest BCUT2D eigenvalue weighted by atomic mass is 35.5. The van der Waals surface area contributed by atoms with Crippen LogP contribution in [0.4, 0.5) is 10.5 Å². The van der Waals surface area contributed by atoms with Gasteiger partial charge in [0.1, 0.15) is 12.4 Å². The van der Waals surface area contributed by atoms with E-state index in [0.29, 0.717) is 22.5 Å². The summed E-state index contributed by atoms with van der Waals surface area (Å²) < 4.78 is 10.7. The van der Waals surface area contributed by atoms with Crippen LogP contribution in [0.3, 0.4) is 0 Å². The number of nitrogens with zero attached hydrogens (tertiary/aromatic N) is 2. The minimum atomic E-state index is -0.642. The number of phenols is 1. The van der Waals surface area contributed by atoms with Crippen LogP contribution in [0.2, 0.25) is 5.02 Å². The van der Waals surface area contributed by atoms with Crippen LogP contribution in [0.25, 0.3) is 6.08 Å². The van der Waals surface area contributed by atoms with Crippen LogP contribution in [0.1, 0.15) is 12.5 Å². The fourth-order valence-corrected chi connectivity index (χ4v) is 3.78. The number of phenolic OH excluding ortho intramolecular Hbond substituents is 1. The van der Waals surface area contributed by atoms with Crippen molar-refractivity contribution >= 4 is 46.3 Å². The summed E-state index contributed by atoms with van der Waals surface area (Å²) in [5, 5.41) is 21.4. The molecule has 2 aromatic carbocycles. The van der Waals surface area contributed by atoms with Crippen molar-refractivity contribution in [2.75, 3.05) is 19.8 Å². The van der Waals surface area contributed by atoms with E-state index in [2.05, 4.69) is 0 Å². The molecule has 1 N–H and O–H groups in total. The van der Waals surface area contributed by atoms with Crippen molar-refractivity contribution in [3.8, 4) is 17.2 Å². The Balaban J connectivity index is 1.78. The molecule has 31 heavy (non-hydrogen) atoms. The molecular formula is C20H17ClN2O7S. The van der Waals surface area contributed by atoms with E-state index in [9.17, 15) is 24.8 Å². The van der Waals surface area contributed by atoms with E-state index in [4.69, 9.17) is 21.1 Å². The van der Waals surface area contributed by atoms with Gasteiger partial charge in [0.25, 0.3) is 16.8 Å². The zero-order chi connectivity index (χ0) is 22.5. The molecule has 1 heterocycles. The van der Waals surface area contributed by atoms with Gasteiger partial charge in [-0.25, -0.2) is 0 Å². The summed E-state index contributed by atoms with van der Waals surface area (Å²) in [7, 11) is 0. The largest absolute Gasteiger partial charge is 0.504 e. The third kappa shape index (κ3) is 5.09. The van der Waals surface area contributed by atoms with Crippen molar-refractivity contribution in [3.63, 3.8) is 0 Å². The molecule has 3 rings (SSSR count). The second kappa shape index (κ2) is 9.71. The number of nitro groups is 1. The van der Waals surface area contributed by atoms with Gasteiger partial charge >= 0.3 is 0 Å². The number of hydrogen-bond donors (Lipinski definition) is 1. The van der Waals surface area contributed by atoms with Crippen molar-refractivity contribution in [3.05, 3.63) is 62.0 Å². The molecular weight excluding hydrogens is 448 g/mol. The number of rotatable bonds is 8. The standard InChI is InChI=1S/C20H17ClN2O7S/c1-2-29-16-11-13(23(27)28)9-12(18(16)24)10-17-19(25)22(20(26)31-17)7-8-30-15-6-4-3-5-14(15)21/h3-6,9-11,24H,2,7-8H2,1H3/b17-10-. The van der Waals surface area contributed by atoms with Gasteiger partial charge in [-0.1, -0.05) is 23.7 Å². The van der Waals surface area contributed by atoms with Crippen LogP contribution in [0, 0.1) is 10.1 Å². The van der Waals surface area contributed by atoms with E-state index in [-0.39, 0.29) is 47.4 Å². The number of para-hydroxylation sites is 1. The molecule has 0 spiro atoms. The smallest absolute Gasteiger partial charge is 0.293 e. The Labute approximate surface area is 186 Å². The predicted octanol–water partition coefficient (Wildman–Crippen LogP) is 4.47. The predicted molar refractivity (Wildman–Crippen MR) is 116 cm³/mol. The maximum Gasteiger partial charge on any atom is 0.293 e. The van der Waals surface area contributed by atoms with Gasteiger partial charge in [0.15, 0.2) is 11.5 Å². The van der Waals surface area contributed by atoms with Gasteiger partial charge in [-0.15, -0.1) is 0 Å². The van der Waals surface area contributed by atoms with Gasteiger partial charge in [0.2, 0.25) is 0 Å². The van der Waals surface area contributed by atoms with Crippen LogP contribution in [-0.2, 0) is 4.79 Å². The molecule has 2 amide bonds. The Kier molecular flexibility index (Phi) is 7.03. The molecule has 1 aliphatic rings. The molecule has 0 bridgehead atoms. The summed E-state index contributed by atoms with van der Waals surface area (Å²) in [6.07, 6.45) is 1.23. The molecule has 0 aromatic heterocycles. The lowest BCUT2D eigenvalue weighted by Gasteiger charge is -2.13. The minimum Gasteiger partial charge on any atom is -0.504 e. The number of amides is 2. The van der Waals surface area contributed by atoms with Crippen molar-refractivity contribution in [1.29, 1.82) is 0 Å². The topological polar surface area (TPSA) is 119 Å². The molecule has 0 radical (unpaired) electrons. The Bertz CT molecular complexity index is 1070. The quantitative estimate of drug-likeness (QED) is 0.345. The summed E-state index contributed by atoms with van der Waals surface area (Å²) >= 11 is 6.67. The van der Waals surface area contributed by atoms with Gasteiger partial charge in [-0.2, -0.15) is 0 Å².